The smallest absolute Gasteiger partial charge is 0.225 e. The second-order valence-corrected chi connectivity index (χ2v) is 9.13. The number of nitrogens with one attached hydrogen (secondary N) is 2. The topological polar surface area (TPSA) is 88.3 Å². The number of aryl methyl sites for hydroxylation is 2. The number of aromatic nitrogens is 3. The zero-order valence-electron chi connectivity index (χ0n) is 20.0. The number of anilines is 2. The Morgan fingerprint density at radius 1 is 1.03 bits per heavy atom. The number of morpholine rings is 1. The molecule has 9 heteroatoms. The van der Waals surface area contributed by atoms with Gasteiger partial charge in [0.25, 0.3) is 0 Å². The highest BCUT2D eigenvalue weighted by molar-refractivity contribution is 6.30. The van der Waals surface area contributed by atoms with Crippen molar-refractivity contribution in [3.8, 4) is 11.1 Å². The molecule has 1 aliphatic heterocycles. The molecule has 0 amide bonds. The lowest BCUT2D eigenvalue weighted by atomic mass is 10.0. The Morgan fingerprint density at radius 2 is 1.89 bits per heavy atom. The maximum atomic E-state index is 6.19. The van der Waals surface area contributed by atoms with Crippen molar-refractivity contribution in [3.05, 3.63) is 64.5 Å². The van der Waals surface area contributed by atoms with Crippen molar-refractivity contribution in [1.29, 1.82) is 0 Å². The van der Waals surface area contributed by atoms with Crippen LogP contribution < -0.4 is 10.6 Å². The van der Waals surface area contributed by atoms with Crippen LogP contribution in [0.15, 0.2) is 47.0 Å². The van der Waals surface area contributed by atoms with Crippen molar-refractivity contribution in [1.82, 2.24) is 20.0 Å². The van der Waals surface area contributed by atoms with Crippen molar-refractivity contribution in [2.75, 3.05) is 50.0 Å². The molecule has 4 aromatic rings. The minimum Gasteiger partial charge on any atom is -0.379 e. The van der Waals surface area contributed by atoms with Gasteiger partial charge in [0, 0.05) is 48.7 Å². The number of benzene rings is 2. The molecule has 3 heterocycles. The van der Waals surface area contributed by atoms with Crippen LogP contribution >= 0.6 is 11.6 Å². The third kappa shape index (κ3) is 5.56. The summed E-state index contributed by atoms with van der Waals surface area (Å²) < 4.78 is 10.8. The fourth-order valence-corrected chi connectivity index (χ4v) is 4.59. The highest BCUT2D eigenvalue weighted by Gasteiger charge is 2.15. The lowest BCUT2D eigenvalue weighted by Crippen LogP contribution is -2.39. The van der Waals surface area contributed by atoms with Crippen LogP contribution in [-0.4, -0.2) is 59.4 Å². The molecule has 182 valence electrons. The van der Waals surface area contributed by atoms with E-state index < -0.39 is 0 Å². The Balaban J connectivity index is 1.43. The van der Waals surface area contributed by atoms with Gasteiger partial charge >= 0.3 is 0 Å². The Hall–Kier alpha value is -3.20. The van der Waals surface area contributed by atoms with Crippen molar-refractivity contribution in [2.24, 2.45) is 0 Å². The van der Waals surface area contributed by atoms with Crippen LogP contribution in [0, 0.1) is 13.8 Å². The lowest BCUT2D eigenvalue weighted by molar-refractivity contribution is 0.0398. The van der Waals surface area contributed by atoms with Gasteiger partial charge in [-0.3, -0.25) is 4.90 Å². The molecule has 2 aromatic heterocycles. The van der Waals surface area contributed by atoms with Gasteiger partial charge < -0.3 is 19.9 Å². The van der Waals surface area contributed by atoms with E-state index in [-0.39, 0.29) is 0 Å². The molecule has 1 aliphatic rings. The normalized spacial score (nSPS) is 14.4. The highest BCUT2D eigenvalue weighted by atomic mass is 35.5. The summed E-state index contributed by atoms with van der Waals surface area (Å²) in [5.74, 6) is 2.15. The number of fused-ring (bicyclic) bond motifs is 1. The third-order valence-corrected chi connectivity index (χ3v) is 6.42. The Morgan fingerprint density at radius 3 is 2.66 bits per heavy atom. The van der Waals surface area contributed by atoms with Crippen LogP contribution in [-0.2, 0) is 11.3 Å². The molecule has 2 aromatic carbocycles. The summed E-state index contributed by atoms with van der Waals surface area (Å²) in [6, 6.07) is 14.0. The van der Waals surface area contributed by atoms with E-state index >= 15 is 0 Å². The van der Waals surface area contributed by atoms with Gasteiger partial charge in [0.05, 0.1) is 24.4 Å². The number of hydrogen-bond acceptors (Lipinski definition) is 8. The first-order valence-electron chi connectivity index (χ1n) is 11.8. The average Bonchev–Trinajstić information content (AvgIpc) is 3.20. The number of hydrogen-bond donors (Lipinski definition) is 2. The van der Waals surface area contributed by atoms with Gasteiger partial charge in [0.2, 0.25) is 5.95 Å². The zero-order chi connectivity index (χ0) is 24.2. The molecular formula is C26H29ClN6O2. The quantitative estimate of drug-likeness (QED) is 0.358. The molecule has 0 atom stereocenters. The molecule has 2 N–H and O–H groups in total. The van der Waals surface area contributed by atoms with Crippen molar-refractivity contribution in [3.63, 3.8) is 0 Å². The van der Waals surface area contributed by atoms with E-state index in [4.69, 9.17) is 30.8 Å². The van der Waals surface area contributed by atoms with Crippen LogP contribution in [0.5, 0.6) is 0 Å². The maximum absolute atomic E-state index is 6.19. The predicted octanol–water partition coefficient (Wildman–Crippen LogP) is 4.91. The van der Waals surface area contributed by atoms with Crippen molar-refractivity contribution >= 4 is 34.3 Å². The standard InChI is InChI=1S/C26H29ClN6O2/c1-17-24(18(2)35-32-17)20-6-7-23-22(15-20)25(29-16-19-4-3-5-21(27)14-19)31-26(30-23)28-8-9-33-10-12-34-13-11-33/h3-7,14-15H,8-13,16H2,1-2H3,(H2,28,29,30,31). The SMILES string of the molecule is Cc1noc(C)c1-c1ccc2nc(NCCN3CCOCC3)nc(NCc3cccc(Cl)c3)c2c1. The molecule has 0 aliphatic carbocycles. The van der Waals surface area contributed by atoms with Crippen molar-refractivity contribution < 1.29 is 9.26 Å². The van der Waals surface area contributed by atoms with Gasteiger partial charge in [-0.2, -0.15) is 4.98 Å². The van der Waals surface area contributed by atoms with Gasteiger partial charge in [0.15, 0.2) is 0 Å². The van der Waals surface area contributed by atoms with Gasteiger partial charge in [-0.1, -0.05) is 35.0 Å². The molecule has 1 saturated heterocycles. The van der Waals surface area contributed by atoms with Crippen LogP contribution in [0.2, 0.25) is 5.02 Å². The first kappa shape index (κ1) is 23.5. The molecule has 1 fully saturated rings. The van der Waals surface area contributed by atoms with E-state index in [1.54, 1.807) is 0 Å². The minimum absolute atomic E-state index is 0.593. The second-order valence-electron chi connectivity index (χ2n) is 8.69. The molecule has 0 spiro atoms. The second kappa shape index (κ2) is 10.6. The van der Waals surface area contributed by atoms with E-state index in [2.05, 4.69) is 32.8 Å². The molecule has 0 bridgehead atoms. The molecule has 5 rings (SSSR count). The van der Waals surface area contributed by atoms with Crippen LogP contribution in [0.25, 0.3) is 22.0 Å². The molecule has 0 radical (unpaired) electrons. The lowest BCUT2D eigenvalue weighted by Gasteiger charge is -2.26. The number of ether oxygens (including phenoxy) is 1. The first-order chi connectivity index (χ1) is 17.1. The fraction of sp³-hybridized carbons (Fsp3) is 0.346. The number of halogens is 1. The van der Waals surface area contributed by atoms with Crippen LogP contribution in [0.4, 0.5) is 11.8 Å². The van der Waals surface area contributed by atoms with Crippen LogP contribution in [0.1, 0.15) is 17.0 Å². The molecule has 35 heavy (non-hydrogen) atoms. The summed E-state index contributed by atoms with van der Waals surface area (Å²) in [6.07, 6.45) is 0. The minimum atomic E-state index is 0.593. The van der Waals surface area contributed by atoms with Gasteiger partial charge in [-0.15, -0.1) is 0 Å². The molecule has 8 nitrogen and oxygen atoms in total. The Kier molecular flexibility index (Phi) is 7.13. The predicted molar refractivity (Wildman–Crippen MR) is 139 cm³/mol. The third-order valence-electron chi connectivity index (χ3n) is 6.18. The largest absolute Gasteiger partial charge is 0.379 e. The van der Waals surface area contributed by atoms with E-state index in [1.165, 1.54) is 0 Å². The first-order valence-corrected chi connectivity index (χ1v) is 12.2. The summed E-state index contributed by atoms with van der Waals surface area (Å²) in [4.78, 5) is 12.0. The van der Waals surface area contributed by atoms with Crippen molar-refractivity contribution in [2.45, 2.75) is 20.4 Å². The van der Waals surface area contributed by atoms with E-state index in [0.717, 1.165) is 84.3 Å². The fourth-order valence-electron chi connectivity index (χ4n) is 4.38. The highest BCUT2D eigenvalue weighted by Crippen LogP contribution is 2.32. The zero-order valence-corrected chi connectivity index (χ0v) is 20.7. The molecular weight excluding hydrogens is 464 g/mol. The maximum Gasteiger partial charge on any atom is 0.225 e. The monoisotopic (exact) mass is 492 g/mol. The van der Waals surface area contributed by atoms with Crippen LogP contribution in [0.3, 0.4) is 0 Å². The van der Waals surface area contributed by atoms with E-state index in [9.17, 15) is 0 Å². The van der Waals surface area contributed by atoms with Gasteiger partial charge in [-0.05, 0) is 49.2 Å². The Bertz CT molecular complexity index is 1300. The number of rotatable bonds is 8. The van der Waals surface area contributed by atoms with E-state index in [0.29, 0.717) is 17.5 Å². The summed E-state index contributed by atoms with van der Waals surface area (Å²) in [5.41, 5.74) is 4.82. The average molecular weight is 493 g/mol. The van der Waals surface area contributed by atoms with Gasteiger partial charge in [0.1, 0.15) is 11.6 Å². The summed E-state index contributed by atoms with van der Waals surface area (Å²) >= 11 is 6.19. The summed E-state index contributed by atoms with van der Waals surface area (Å²) in [5, 5.41) is 12.7. The number of nitrogens with zero attached hydrogens (tertiary/aromatic N) is 4. The Labute approximate surface area is 209 Å². The van der Waals surface area contributed by atoms with E-state index in [1.807, 2.05) is 44.2 Å². The van der Waals surface area contributed by atoms with Gasteiger partial charge in [-0.25, -0.2) is 4.98 Å². The molecule has 0 unspecified atom stereocenters. The summed E-state index contributed by atoms with van der Waals surface area (Å²) in [6.45, 7) is 9.64. The molecule has 0 saturated carbocycles. The summed E-state index contributed by atoms with van der Waals surface area (Å²) in [7, 11) is 0.